The van der Waals surface area contributed by atoms with Crippen molar-refractivity contribution in [2.45, 2.75) is 82.0 Å². The van der Waals surface area contributed by atoms with Gasteiger partial charge in [0, 0.05) is 37.8 Å². The van der Waals surface area contributed by atoms with E-state index in [2.05, 4.69) is 34.5 Å². The molecule has 3 rings (SSSR count). The molecule has 2 heterocycles. The van der Waals surface area contributed by atoms with Gasteiger partial charge in [0.25, 0.3) is 0 Å². The van der Waals surface area contributed by atoms with Gasteiger partial charge < -0.3 is 20.4 Å². The molecule has 0 bridgehead atoms. The van der Waals surface area contributed by atoms with Crippen LogP contribution in [0.4, 0.5) is 4.79 Å². The lowest BCUT2D eigenvalue weighted by Gasteiger charge is -2.46. The predicted molar refractivity (Wildman–Crippen MR) is 111 cm³/mol. The molecule has 3 fully saturated rings. The number of hydrogen-bond donors (Lipinski definition) is 2. The Morgan fingerprint density at radius 2 is 1.63 bits per heavy atom. The molecule has 1 saturated carbocycles. The third-order valence-electron chi connectivity index (χ3n) is 7.17. The second-order valence-corrected chi connectivity index (χ2v) is 9.08. The number of nitrogens with zero attached hydrogens (tertiary/aromatic N) is 3. The van der Waals surface area contributed by atoms with Crippen LogP contribution in [0.1, 0.15) is 57.8 Å². The Bertz CT molecular complexity index is 457. The lowest BCUT2D eigenvalue weighted by atomic mass is 9.86. The number of amides is 2. The topological polar surface area (TPSA) is 50.9 Å². The van der Waals surface area contributed by atoms with Crippen LogP contribution >= 0.6 is 0 Å². The molecular formula is C21H41N5O. The first-order valence-electron chi connectivity index (χ1n) is 11.2. The molecule has 0 aromatic carbocycles. The second kappa shape index (κ2) is 10.1. The van der Waals surface area contributed by atoms with Crippen LogP contribution in [0.25, 0.3) is 0 Å². The monoisotopic (exact) mass is 379 g/mol. The highest BCUT2D eigenvalue weighted by atomic mass is 16.2. The molecule has 2 N–H and O–H groups in total. The molecule has 6 nitrogen and oxygen atoms in total. The summed E-state index contributed by atoms with van der Waals surface area (Å²) < 4.78 is 0. The van der Waals surface area contributed by atoms with Crippen LogP contribution in [0.5, 0.6) is 0 Å². The van der Waals surface area contributed by atoms with E-state index in [-0.39, 0.29) is 12.1 Å². The van der Waals surface area contributed by atoms with Gasteiger partial charge in [0.15, 0.2) is 0 Å². The number of carbonyl (C=O) groups excluding carboxylic acids is 1. The van der Waals surface area contributed by atoms with Crippen molar-refractivity contribution in [2.75, 3.05) is 47.3 Å². The number of likely N-dealkylation sites (N-methyl/N-ethyl adjacent to an activating group) is 2. The Morgan fingerprint density at radius 3 is 2.37 bits per heavy atom. The molecule has 27 heavy (non-hydrogen) atoms. The normalized spacial score (nSPS) is 31.5. The molecule has 1 aliphatic carbocycles. The van der Waals surface area contributed by atoms with Crippen molar-refractivity contribution < 1.29 is 4.79 Å². The van der Waals surface area contributed by atoms with Crippen LogP contribution in [0, 0.1) is 0 Å². The largest absolute Gasteiger partial charge is 0.334 e. The van der Waals surface area contributed by atoms with Crippen LogP contribution in [-0.4, -0.2) is 92.2 Å². The number of nitrogens with one attached hydrogen (secondary N) is 2. The highest BCUT2D eigenvalue weighted by Gasteiger charge is 2.36. The minimum atomic E-state index is 0.123. The van der Waals surface area contributed by atoms with E-state index in [1.165, 1.54) is 58.0 Å². The number of hydrogen-bond acceptors (Lipinski definition) is 4. The Hall–Kier alpha value is -0.850. The van der Waals surface area contributed by atoms with Gasteiger partial charge in [0.1, 0.15) is 0 Å². The average molecular weight is 380 g/mol. The Labute approximate surface area is 166 Å². The first kappa shape index (κ1) is 20.9. The average Bonchev–Trinajstić information content (AvgIpc) is 2.96. The van der Waals surface area contributed by atoms with Crippen LogP contribution in [0.2, 0.25) is 0 Å². The quantitative estimate of drug-likeness (QED) is 0.785. The SMILES string of the molecule is CN1CCC(N(C)C2CCCCC2N(C)C(=O)NC2CCCCNC2)CC1. The predicted octanol–water partition coefficient (Wildman–Crippen LogP) is 2.11. The smallest absolute Gasteiger partial charge is 0.317 e. The molecule has 0 radical (unpaired) electrons. The summed E-state index contributed by atoms with van der Waals surface area (Å²) in [5, 5.41) is 6.75. The van der Waals surface area contributed by atoms with Crippen molar-refractivity contribution in [3.05, 3.63) is 0 Å². The summed E-state index contributed by atoms with van der Waals surface area (Å²) in [4.78, 5) is 20.1. The number of likely N-dealkylation sites (tertiary alicyclic amines) is 1. The summed E-state index contributed by atoms with van der Waals surface area (Å²) in [5.74, 6) is 0. The molecular weight excluding hydrogens is 338 g/mol. The number of carbonyl (C=O) groups is 1. The maximum atomic E-state index is 13.0. The van der Waals surface area contributed by atoms with Crippen LogP contribution in [0.15, 0.2) is 0 Å². The Kier molecular flexibility index (Phi) is 7.79. The van der Waals surface area contributed by atoms with E-state index in [9.17, 15) is 4.79 Å². The first-order valence-corrected chi connectivity index (χ1v) is 11.2. The molecule has 2 saturated heterocycles. The van der Waals surface area contributed by atoms with Gasteiger partial charge in [0.05, 0.1) is 0 Å². The summed E-state index contributed by atoms with van der Waals surface area (Å²) in [6.07, 6.45) is 10.9. The molecule has 6 heteroatoms. The van der Waals surface area contributed by atoms with Gasteiger partial charge in [-0.05, 0) is 72.3 Å². The van der Waals surface area contributed by atoms with Crippen LogP contribution in [0.3, 0.4) is 0 Å². The summed E-state index contributed by atoms with van der Waals surface area (Å²) in [6, 6.07) is 1.89. The molecule has 3 aliphatic rings. The van der Waals surface area contributed by atoms with Crippen LogP contribution in [-0.2, 0) is 0 Å². The van der Waals surface area contributed by atoms with E-state index in [0.717, 1.165) is 25.9 Å². The zero-order valence-corrected chi connectivity index (χ0v) is 17.8. The summed E-state index contributed by atoms with van der Waals surface area (Å²) >= 11 is 0. The van der Waals surface area contributed by atoms with Gasteiger partial charge in [-0.1, -0.05) is 19.3 Å². The van der Waals surface area contributed by atoms with Crippen molar-refractivity contribution >= 4 is 6.03 Å². The van der Waals surface area contributed by atoms with E-state index in [4.69, 9.17) is 0 Å². The first-order chi connectivity index (χ1) is 13.1. The fourth-order valence-electron chi connectivity index (χ4n) is 5.26. The third-order valence-corrected chi connectivity index (χ3v) is 7.17. The maximum Gasteiger partial charge on any atom is 0.317 e. The van der Waals surface area contributed by atoms with Gasteiger partial charge in [-0.3, -0.25) is 4.90 Å². The Balaban J connectivity index is 1.58. The maximum absolute atomic E-state index is 13.0. The Morgan fingerprint density at radius 1 is 0.963 bits per heavy atom. The third kappa shape index (κ3) is 5.58. The molecule has 0 spiro atoms. The minimum Gasteiger partial charge on any atom is -0.334 e. The molecule has 0 aromatic heterocycles. The lowest BCUT2D eigenvalue weighted by molar-refractivity contribution is 0.0420. The molecule has 3 unspecified atom stereocenters. The van der Waals surface area contributed by atoms with Gasteiger partial charge in [-0.2, -0.15) is 0 Å². The molecule has 2 amide bonds. The molecule has 3 atom stereocenters. The van der Waals surface area contributed by atoms with Gasteiger partial charge in [0.2, 0.25) is 0 Å². The van der Waals surface area contributed by atoms with Crippen molar-refractivity contribution in [1.29, 1.82) is 0 Å². The van der Waals surface area contributed by atoms with Gasteiger partial charge in [-0.25, -0.2) is 4.79 Å². The van der Waals surface area contributed by atoms with E-state index in [1.807, 2.05) is 11.9 Å². The molecule has 156 valence electrons. The van der Waals surface area contributed by atoms with Gasteiger partial charge >= 0.3 is 6.03 Å². The van der Waals surface area contributed by atoms with E-state index in [0.29, 0.717) is 18.1 Å². The minimum absolute atomic E-state index is 0.123. The van der Waals surface area contributed by atoms with Gasteiger partial charge in [-0.15, -0.1) is 0 Å². The van der Waals surface area contributed by atoms with Crippen molar-refractivity contribution in [3.63, 3.8) is 0 Å². The number of urea groups is 1. The van der Waals surface area contributed by atoms with E-state index in [1.54, 1.807) is 0 Å². The van der Waals surface area contributed by atoms with E-state index < -0.39 is 0 Å². The summed E-state index contributed by atoms with van der Waals surface area (Å²) in [7, 11) is 6.55. The van der Waals surface area contributed by atoms with Crippen LogP contribution < -0.4 is 10.6 Å². The zero-order chi connectivity index (χ0) is 19.2. The zero-order valence-electron chi connectivity index (χ0n) is 17.8. The van der Waals surface area contributed by atoms with E-state index >= 15 is 0 Å². The standard InChI is InChI=1S/C21H41N5O/c1-24-14-11-18(12-15-24)25(2)19-9-4-5-10-20(19)26(3)21(27)23-17-8-6-7-13-22-16-17/h17-20,22H,4-16H2,1-3H3,(H,23,27). The highest BCUT2D eigenvalue weighted by molar-refractivity contribution is 5.74. The number of rotatable bonds is 4. The highest BCUT2D eigenvalue weighted by Crippen LogP contribution is 2.29. The van der Waals surface area contributed by atoms with Crippen molar-refractivity contribution in [3.8, 4) is 0 Å². The lowest BCUT2D eigenvalue weighted by Crippen LogP contribution is -2.59. The summed E-state index contributed by atoms with van der Waals surface area (Å²) in [6.45, 7) is 4.37. The molecule has 0 aromatic rings. The second-order valence-electron chi connectivity index (χ2n) is 9.08. The number of piperidine rings is 1. The summed E-state index contributed by atoms with van der Waals surface area (Å²) in [5.41, 5.74) is 0. The van der Waals surface area contributed by atoms with Crippen molar-refractivity contribution in [2.24, 2.45) is 0 Å². The molecule has 2 aliphatic heterocycles. The fraction of sp³-hybridized carbons (Fsp3) is 0.952. The van der Waals surface area contributed by atoms with Crippen molar-refractivity contribution in [1.82, 2.24) is 25.3 Å². The fourth-order valence-corrected chi connectivity index (χ4v) is 5.26.